The average molecular weight is 387 g/mol. The predicted octanol–water partition coefficient (Wildman–Crippen LogP) is 2.26. The first-order chi connectivity index (χ1) is 13.1. The highest BCUT2D eigenvalue weighted by Gasteiger charge is 2.33. The van der Waals surface area contributed by atoms with Gasteiger partial charge in [-0.1, -0.05) is 0 Å². The van der Waals surface area contributed by atoms with E-state index in [9.17, 15) is 9.59 Å². The third-order valence-electron chi connectivity index (χ3n) is 4.60. The molecular formula is C18H17N3O5S. The highest BCUT2D eigenvalue weighted by Crippen LogP contribution is 2.43. The van der Waals surface area contributed by atoms with E-state index in [1.807, 2.05) is 5.38 Å². The van der Waals surface area contributed by atoms with Crippen LogP contribution in [0.15, 0.2) is 28.5 Å². The first kappa shape index (κ1) is 17.3. The molecule has 1 atom stereocenters. The summed E-state index contributed by atoms with van der Waals surface area (Å²) in [6.07, 6.45) is 1.90. The molecule has 140 valence electrons. The van der Waals surface area contributed by atoms with Gasteiger partial charge in [-0.2, -0.15) is 4.98 Å². The van der Waals surface area contributed by atoms with Crippen LogP contribution in [-0.4, -0.2) is 36.6 Å². The third kappa shape index (κ3) is 2.71. The fourth-order valence-corrected chi connectivity index (χ4v) is 4.11. The Balaban J connectivity index is 1.97. The van der Waals surface area contributed by atoms with E-state index in [1.165, 1.54) is 32.7 Å². The van der Waals surface area contributed by atoms with Gasteiger partial charge in [0.05, 0.1) is 26.9 Å². The van der Waals surface area contributed by atoms with Crippen molar-refractivity contribution in [3.63, 3.8) is 0 Å². The number of nitrogens with zero attached hydrogens (tertiary/aromatic N) is 2. The second-order valence-electron chi connectivity index (χ2n) is 6.00. The molecule has 0 aliphatic carbocycles. The van der Waals surface area contributed by atoms with Crippen molar-refractivity contribution in [2.45, 2.75) is 12.3 Å². The monoisotopic (exact) mass is 387 g/mol. The molecule has 1 N–H and O–H groups in total. The summed E-state index contributed by atoms with van der Waals surface area (Å²) < 4.78 is 17.9. The summed E-state index contributed by atoms with van der Waals surface area (Å²) in [6, 6.07) is 3.52. The summed E-state index contributed by atoms with van der Waals surface area (Å²) in [6.45, 7) is 0. The summed E-state index contributed by atoms with van der Waals surface area (Å²) in [7, 11) is 4.56. The minimum absolute atomic E-state index is 0.124. The van der Waals surface area contributed by atoms with E-state index < -0.39 is 5.92 Å². The van der Waals surface area contributed by atoms with Gasteiger partial charge in [0, 0.05) is 23.9 Å². The van der Waals surface area contributed by atoms with Crippen LogP contribution in [0.5, 0.6) is 17.2 Å². The lowest BCUT2D eigenvalue weighted by molar-refractivity contribution is -0.116. The number of aromatic nitrogens is 2. The van der Waals surface area contributed by atoms with E-state index in [-0.39, 0.29) is 17.9 Å². The molecule has 2 aromatic heterocycles. The maximum atomic E-state index is 12.7. The third-order valence-corrected chi connectivity index (χ3v) is 5.35. The molecular weight excluding hydrogens is 370 g/mol. The highest BCUT2D eigenvalue weighted by atomic mass is 32.1. The maximum absolute atomic E-state index is 12.7. The molecule has 9 heteroatoms. The van der Waals surface area contributed by atoms with Crippen molar-refractivity contribution < 1.29 is 19.0 Å². The Bertz CT molecular complexity index is 1080. The number of fused-ring (bicyclic) bond motifs is 3. The number of benzene rings is 1. The second kappa shape index (κ2) is 6.58. The number of thiazole rings is 1. The zero-order valence-electron chi connectivity index (χ0n) is 14.9. The van der Waals surface area contributed by atoms with Gasteiger partial charge in [0.1, 0.15) is 5.82 Å². The number of amides is 1. The van der Waals surface area contributed by atoms with Gasteiger partial charge in [0.15, 0.2) is 16.5 Å². The normalized spacial score (nSPS) is 16.0. The van der Waals surface area contributed by atoms with E-state index in [4.69, 9.17) is 14.2 Å². The summed E-state index contributed by atoms with van der Waals surface area (Å²) in [5.74, 6) is 1.19. The van der Waals surface area contributed by atoms with Gasteiger partial charge in [-0.25, -0.2) is 0 Å². The predicted molar refractivity (Wildman–Crippen MR) is 101 cm³/mol. The Labute approximate surface area is 158 Å². The Morgan fingerprint density at radius 2 is 1.85 bits per heavy atom. The number of ether oxygens (including phenoxy) is 3. The fourth-order valence-electron chi connectivity index (χ4n) is 3.40. The van der Waals surface area contributed by atoms with Crippen molar-refractivity contribution in [2.24, 2.45) is 0 Å². The van der Waals surface area contributed by atoms with Crippen molar-refractivity contribution in [1.29, 1.82) is 0 Å². The molecule has 3 heterocycles. The van der Waals surface area contributed by atoms with Crippen LogP contribution in [0, 0.1) is 0 Å². The minimum atomic E-state index is -0.473. The van der Waals surface area contributed by atoms with E-state index in [0.717, 1.165) is 5.56 Å². The molecule has 3 aromatic rings. The number of carbonyl (C=O) groups excluding carboxylic acids is 1. The molecule has 4 rings (SSSR count). The number of hydrogen-bond acceptors (Lipinski definition) is 7. The molecule has 1 aliphatic rings. The summed E-state index contributed by atoms with van der Waals surface area (Å²) in [4.78, 5) is 29.8. The van der Waals surface area contributed by atoms with Crippen molar-refractivity contribution in [3.05, 3.63) is 45.2 Å². The summed E-state index contributed by atoms with van der Waals surface area (Å²) >= 11 is 1.33. The molecule has 1 aromatic carbocycles. The molecule has 1 amide bonds. The molecule has 0 saturated carbocycles. The molecule has 0 fully saturated rings. The van der Waals surface area contributed by atoms with Gasteiger partial charge in [-0.15, -0.1) is 11.3 Å². The SMILES string of the molecule is COc1cc([C@H]2CC(=O)Nc3c2c(=O)nc2sccn32)cc(OC)c1OC. The fraction of sp³-hybridized carbons (Fsp3) is 0.278. The van der Waals surface area contributed by atoms with Crippen molar-refractivity contribution in [2.75, 3.05) is 26.6 Å². The Morgan fingerprint density at radius 3 is 2.48 bits per heavy atom. The Morgan fingerprint density at radius 1 is 1.15 bits per heavy atom. The first-order valence-electron chi connectivity index (χ1n) is 8.17. The number of anilines is 1. The zero-order valence-corrected chi connectivity index (χ0v) is 15.8. The minimum Gasteiger partial charge on any atom is -0.493 e. The maximum Gasteiger partial charge on any atom is 0.279 e. The highest BCUT2D eigenvalue weighted by molar-refractivity contribution is 7.15. The zero-order chi connectivity index (χ0) is 19.1. The lowest BCUT2D eigenvalue weighted by Crippen LogP contribution is -2.31. The van der Waals surface area contributed by atoms with Gasteiger partial charge in [0.2, 0.25) is 11.7 Å². The molecule has 0 saturated heterocycles. The van der Waals surface area contributed by atoms with Crippen molar-refractivity contribution in [3.8, 4) is 17.2 Å². The molecule has 8 nitrogen and oxygen atoms in total. The Kier molecular flexibility index (Phi) is 4.23. The van der Waals surface area contributed by atoms with Crippen LogP contribution in [0.4, 0.5) is 5.82 Å². The molecule has 0 radical (unpaired) electrons. The average Bonchev–Trinajstić information content (AvgIpc) is 3.14. The topological polar surface area (TPSA) is 91.2 Å². The van der Waals surface area contributed by atoms with Crippen LogP contribution < -0.4 is 25.1 Å². The number of nitrogens with one attached hydrogen (secondary N) is 1. The molecule has 0 bridgehead atoms. The quantitative estimate of drug-likeness (QED) is 0.738. The Hall–Kier alpha value is -3.07. The van der Waals surface area contributed by atoms with Crippen molar-refractivity contribution in [1.82, 2.24) is 9.38 Å². The van der Waals surface area contributed by atoms with Gasteiger partial charge in [-0.05, 0) is 17.7 Å². The molecule has 0 unspecified atom stereocenters. The smallest absolute Gasteiger partial charge is 0.279 e. The lowest BCUT2D eigenvalue weighted by Gasteiger charge is -2.26. The summed E-state index contributed by atoms with van der Waals surface area (Å²) in [5, 5.41) is 4.63. The van der Waals surface area contributed by atoms with Gasteiger partial charge < -0.3 is 19.5 Å². The van der Waals surface area contributed by atoms with E-state index in [2.05, 4.69) is 10.3 Å². The van der Waals surface area contributed by atoms with Crippen LogP contribution in [0.2, 0.25) is 0 Å². The van der Waals surface area contributed by atoms with E-state index in [0.29, 0.717) is 33.6 Å². The van der Waals surface area contributed by atoms with Crippen LogP contribution in [0.1, 0.15) is 23.5 Å². The van der Waals surface area contributed by atoms with Crippen LogP contribution in [0.3, 0.4) is 0 Å². The second-order valence-corrected chi connectivity index (χ2v) is 6.87. The molecule has 0 spiro atoms. The van der Waals surface area contributed by atoms with E-state index in [1.54, 1.807) is 22.7 Å². The van der Waals surface area contributed by atoms with Gasteiger partial charge >= 0.3 is 0 Å². The number of methoxy groups -OCH3 is 3. The van der Waals surface area contributed by atoms with Crippen LogP contribution in [0.25, 0.3) is 4.96 Å². The van der Waals surface area contributed by atoms with Gasteiger partial charge in [0.25, 0.3) is 5.56 Å². The first-order valence-corrected chi connectivity index (χ1v) is 9.04. The largest absolute Gasteiger partial charge is 0.493 e. The number of rotatable bonds is 4. The van der Waals surface area contributed by atoms with Crippen molar-refractivity contribution >= 4 is 28.0 Å². The number of hydrogen-bond donors (Lipinski definition) is 1. The van der Waals surface area contributed by atoms with E-state index >= 15 is 0 Å². The number of carbonyl (C=O) groups is 1. The lowest BCUT2D eigenvalue weighted by atomic mass is 9.86. The molecule has 1 aliphatic heterocycles. The van der Waals surface area contributed by atoms with Crippen LogP contribution in [-0.2, 0) is 4.79 Å². The summed E-state index contributed by atoms with van der Waals surface area (Å²) in [5.41, 5.74) is 0.806. The standard InChI is InChI=1S/C18H17N3O5S/c1-24-11-6-9(7-12(25-2)15(11)26-3)10-8-13(22)19-16-14(10)17(23)20-18-21(16)4-5-27-18/h4-7,10H,8H2,1-3H3,(H,19,22)/t10-/m1/s1. The molecule has 27 heavy (non-hydrogen) atoms. The van der Waals surface area contributed by atoms with Crippen LogP contribution >= 0.6 is 11.3 Å². The van der Waals surface area contributed by atoms with Gasteiger partial charge in [-0.3, -0.25) is 14.0 Å².